The van der Waals surface area contributed by atoms with Crippen LogP contribution in [0, 0.1) is 12.8 Å². The van der Waals surface area contributed by atoms with Gasteiger partial charge in [-0.3, -0.25) is 14.6 Å². The monoisotopic (exact) mass is 325 g/mol. The number of pyridine rings is 1. The lowest BCUT2D eigenvalue weighted by atomic mass is 9.92. The minimum absolute atomic E-state index is 0.0599. The van der Waals surface area contributed by atoms with Gasteiger partial charge in [-0.05, 0) is 37.8 Å². The van der Waals surface area contributed by atoms with E-state index in [9.17, 15) is 9.59 Å². The van der Waals surface area contributed by atoms with Crippen LogP contribution in [0.25, 0.3) is 0 Å². The molecule has 2 aromatic heterocycles. The lowest BCUT2D eigenvalue weighted by Crippen LogP contribution is -2.33. The molecule has 0 aliphatic heterocycles. The van der Waals surface area contributed by atoms with Crippen molar-refractivity contribution >= 4 is 11.7 Å². The normalized spacial score (nSPS) is 15.2. The number of fused-ring (bicyclic) bond motifs is 1. The Bertz CT molecular complexity index is 762. The smallest absolute Gasteiger partial charge is 0.254 e. The van der Waals surface area contributed by atoms with Gasteiger partial charge in [-0.25, -0.2) is 0 Å². The first-order chi connectivity index (χ1) is 11.5. The largest absolute Gasteiger partial charge is 0.361 e. The maximum atomic E-state index is 12.9. The Morgan fingerprint density at radius 1 is 1.29 bits per heavy atom. The molecule has 5 heteroatoms. The van der Waals surface area contributed by atoms with Gasteiger partial charge in [0.1, 0.15) is 0 Å². The van der Waals surface area contributed by atoms with Crippen molar-refractivity contribution in [1.29, 1.82) is 0 Å². The van der Waals surface area contributed by atoms with Crippen molar-refractivity contribution in [2.45, 2.75) is 46.1 Å². The van der Waals surface area contributed by atoms with Crippen LogP contribution >= 0.6 is 0 Å². The molecule has 1 atom stereocenters. The highest BCUT2D eigenvalue weighted by Gasteiger charge is 2.30. The molecule has 1 aliphatic rings. The maximum Gasteiger partial charge on any atom is 0.254 e. The first-order valence-corrected chi connectivity index (χ1v) is 8.45. The number of carbonyl (C=O) groups excluding carboxylic acids is 2. The first-order valence-electron chi connectivity index (χ1n) is 8.45. The average Bonchev–Trinajstić information content (AvgIpc) is 2.90. The van der Waals surface area contributed by atoms with E-state index in [1.807, 2.05) is 39.0 Å². The van der Waals surface area contributed by atoms with Gasteiger partial charge in [0.15, 0.2) is 5.78 Å². The summed E-state index contributed by atoms with van der Waals surface area (Å²) in [4.78, 5) is 32.8. The number of aromatic nitrogens is 2. The third-order valence-corrected chi connectivity index (χ3v) is 4.56. The topological polar surface area (TPSA) is 74.8 Å². The zero-order chi connectivity index (χ0) is 17.3. The van der Waals surface area contributed by atoms with Crippen LogP contribution in [0.1, 0.15) is 70.5 Å². The van der Waals surface area contributed by atoms with Crippen molar-refractivity contribution in [1.82, 2.24) is 15.3 Å². The molecule has 2 aromatic rings. The fourth-order valence-corrected chi connectivity index (χ4v) is 3.37. The Kier molecular flexibility index (Phi) is 4.51. The number of hydrogen-bond acceptors (Lipinski definition) is 3. The molecule has 3 rings (SSSR count). The zero-order valence-corrected chi connectivity index (χ0v) is 14.3. The predicted octanol–water partition coefficient (Wildman–Crippen LogP) is 3.36. The molecule has 2 heterocycles. The van der Waals surface area contributed by atoms with Gasteiger partial charge in [0.2, 0.25) is 0 Å². The summed E-state index contributed by atoms with van der Waals surface area (Å²) in [6.45, 7) is 5.94. The van der Waals surface area contributed by atoms with Crippen LogP contribution in [0.15, 0.2) is 24.4 Å². The van der Waals surface area contributed by atoms with Crippen molar-refractivity contribution in [2.75, 3.05) is 0 Å². The number of nitrogens with one attached hydrogen (secondary N) is 2. The van der Waals surface area contributed by atoms with Crippen LogP contribution in [-0.4, -0.2) is 21.7 Å². The lowest BCUT2D eigenvalue weighted by Gasteiger charge is -2.22. The highest BCUT2D eigenvalue weighted by molar-refractivity contribution is 6.10. The molecule has 0 aromatic carbocycles. The molecule has 5 nitrogen and oxygen atoms in total. The number of nitrogens with zero attached hydrogens (tertiary/aromatic N) is 1. The minimum Gasteiger partial charge on any atom is -0.361 e. The van der Waals surface area contributed by atoms with Crippen molar-refractivity contribution in [3.8, 4) is 0 Å². The van der Waals surface area contributed by atoms with E-state index in [4.69, 9.17) is 0 Å². The highest BCUT2D eigenvalue weighted by atomic mass is 16.2. The van der Waals surface area contributed by atoms with Gasteiger partial charge >= 0.3 is 0 Å². The van der Waals surface area contributed by atoms with Crippen LogP contribution in [0.5, 0.6) is 0 Å². The van der Waals surface area contributed by atoms with Crippen LogP contribution in [-0.2, 0) is 6.42 Å². The number of ketones is 1. The Morgan fingerprint density at radius 2 is 2.08 bits per heavy atom. The van der Waals surface area contributed by atoms with Gasteiger partial charge in [-0.1, -0.05) is 19.9 Å². The van der Waals surface area contributed by atoms with Crippen LogP contribution < -0.4 is 5.32 Å². The van der Waals surface area contributed by atoms with E-state index in [1.165, 1.54) is 0 Å². The van der Waals surface area contributed by atoms with Gasteiger partial charge in [-0.2, -0.15) is 0 Å². The molecule has 1 amide bonds. The minimum atomic E-state index is -0.204. The van der Waals surface area contributed by atoms with Gasteiger partial charge in [-0.15, -0.1) is 0 Å². The molecule has 0 fully saturated rings. The van der Waals surface area contributed by atoms with E-state index in [0.29, 0.717) is 17.5 Å². The highest BCUT2D eigenvalue weighted by Crippen LogP contribution is 2.28. The SMILES string of the molecule is Cc1[nH]c2c(c1C(=O)NC(c1ccccn1)C(C)C)C(=O)CCC2. The van der Waals surface area contributed by atoms with Crippen molar-refractivity contribution in [3.63, 3.8) is 0 Å². The fraction of sp³-hybridized carbons (Fsp3) is 0.421. The number of rotatable bonds is 4. The molecule has 1 unspecified atom stereocenters. The third-order valence-electron chi connectivity index (χ3n) is 4.56. The molecule has 1 aliphatic carbocycles. The summed E-state index contributed by atoms with van der Waals surface area (Å²) in [6.07, 6.45) is 3.90. The molecule has 0 radical (unpaired) electrons. The van der Waals surface area contributed by atoms with Gasteiger partial charge in [0, 0.05) is 24.0 Å². The lowest BCUT2D eigenvalue weighted by molar-refractivity contribution is 0.0906. The van der Waals surface area contributed by atoms with Crippen molar-refractivity contribution in [2.24, 2.45) is 5.92 Å². The second-order valence-corrected chi connectivity index (χ2v) is 6.71. The number of aryl methyl sites for hydroxylation is 2. The number of H-pyrrole nitrogens is 1. The summed E-state index contributed by atoms with van der Waals surface area (Å²) in [5, 5.41) is 3.07. The van der Waals surface area contributed by atoms with E-state index in [1.54, 1.807) is 6.20 Å². The van der Waals surface area contributed by atoms with Crippen LogP contribution in [0.4, 0.5) is 0 Å². The van der Waals surface area contributed by atoms with E-state index in [0.717, 1.165) is 29.9 Å². The molecule has 0 saturated carbocycles. The Hall–Kier alpha value is -2.43. The molecule has 24 heavy (non-hydrogen) atoms. The molecular formula is C19H23N3O2. The molecule has 0 saturated heterocycles. The Morgan fingerprint density at radius 3 is 2.75 bits per heavy atom. The quantitative estimate of drug-likeness (QED) is 0.905. The number of carbonyl (C=O) groups is 2. The van der Waals surface area contributed by atoms with Gasteiger partial charge in [0.05, 0.1) is 22.9 Å². The summed E-state index contributed by atoms with van der Waals surface area (Å²) in [5.74, 6) is 0.0453. The van der Waals surface area contributed by atoms with E-state index in [-0.39, 0.29) is 23.7 Å². The average molecular weight is 325 g/mol. The number of aromatic amines is 1. The molecule has 2 N–H and O–H groups in total. The Labute approximate surface area is 141 Å². The summed E-state index contributed by atoms with van der Waals surface area (Å²) < 4.78 is 0. The third kappa shape index (κ3) is 2.98. The standard InChI is InChI=1S/C19H23N3O2/c1-11(2)18(14-7-4-5-10-20-14)22-19(24)16-12(3)21-13-8-6-9-15(23)17(13)16/h4-5,7,10-11,18,21H,6,8-9H2,1-3H3,(H,22,24). The summed E-state index contributed by atoms with van der Waals surface area (Å²) >= 11 is 0. The fourth-order valence-electron chi connectivity index (χ4n) is 3.37. The second-order valence-electron chi connectivity index (χ2n) is 6.71. The summed E-state index contributed by atoms with van der Waals surface area (Å²) in [6, 6.07) is 5.49. The molecule has 126 valence electrons. The van der Waals surface area contributed by atoms with E-state index < -0.39 is 0 Å². The molecule has 0 spiro atoms. The second kappa shape index (κ2) is 6.59. The van der Waals surface area contributed by atoms with Gasteiger partial charge < -0.3 is 10.3 Å². The molecule has 0 bridgehead atoms. The first kappa shape index (κ1) is 16.4. The van der Waals surface area contributed by atoms with Crippen molar-refractivity contribution in [3.05, 3.63) is 52.6 Å². The summed E-state index contributed by atoms with van der Waals surface area (Å²) in [7, 11) is 0. The molecular weight excluding hydrogens is 302 g/mol. The van der Waals surface area contributed by atoms with E-state index >= 15 is 0 Å². The Balaban J connectivity index is 1.92. The van der Waals surface area contributed by atoms with E-state index in [2.05, 4.69) is 15.3 Å². The number of hydrogen-bond donors (Lipinski definition) is 2. The number of amides is 1. The zero-order valence-electron chi connectivity index (χ0n) is 14.3. The van der Waals surface area contributed by atoms with Crippen LogP contribution in [0.3, 0.4) is 0 Å². The van der Waals surface area contributed by atoms with Gasteiger partial charge in [0.25, 0.3) is 5.91 Å². The number of Topliss-reactive ketones (excluding diaryl/α,β-unsaturated/α-hetero) is 1. The van der Waals surface area contributed by atoms with Crippen molar-refractivity contribution < 1.29 is 9.59 Å². The van der Waals surface area contributed by atoms with Crippen LogP contribution in [0.2, 0.25) is 0 Å². The summed E-state index contributed by atoms with van der Waals surface area (Å²) in [5.41, 5.74) is 3.56. The predicted molar refractivity (Wildman–Crippen MR) is 92.1 cm³/mol. The maximum absolute atomic E-state index is 12.9.